The minimum absolute atomic E-state index is 0.0761. The zero-order valence-corrected chi connectivity index (χ0v) is 12.8. The first kappa shape index (κ1) is 17.7. The molecule has 4 N–H and O–H groups in total. The van der Waals surface area contributed by atoms with Crippen LogP contribution in [0.1, 0.15) is 10.4 Å². The summed E-state index contributed by atoms with van der Waals surface area (Å²) in [4.78, 5) is 11.5. The molecule has 1 aromatic rings. The van der Waals surface area contributed by atoms with Crippen LogP contribution in [0.5, 0.6) is 0 Å². The molecular weight excluding hydrogens is 332 g/mol. The lowest BCUT2D eigenvalue weighted by Crippen LogP contribution is -2.42. The van der Waals surface area contributed by atoms with Gasteiger partial charge in [-0.3, -0.25) is 4.79 Å². The van der Waals surface area contributed by atoms with E-state index in [1.54, 1.807) is 0 Å². The maximum absolute atomic E-state index is 12.2. The Bertz CT molecular complexity index is 652. The highest BCUT2D eigenvalue weighted by Gasteiger charge is 2.29. The summed E-state index contributed by atoms with van der Waals surface area (Å²) in [5, 5.41) is 14.5. The van der Waals surface area contributed by atoms with E-state index in [2.05, 4.69) is 10.0 Å². The molecule has 2 rings (SSSR count). The van der Waals surface area contributed by atoms with Gasteiger partial charge in [-0.1, -0.05) is 0 Å². The summed E-state index contributed by atoms with van der Waals surface area (Å²) in [6.07, 6.45) is -3.47. The number of β-amino-alcohol motifs (C(OH)–C–C–N with tert-alkyl or cyclic N) is 1. The Kier molecular flexibility index (Phi) is 5.63. The van der Waals surface area contributed by atoms with Gasteiger partial charge in [-0.2, -0.15) is 0 Å². The normalized spacial score (nSPS) is 21.6. The Morgan fingerprint density at radius 3 is 2.48 bits per heavy atom. The minimum atomic E-state index is -3.85. The molecule has 0 radical (unpaired) electrons. The van der Waals surface area contributed by atoms with Crippen molar-refractivity contribution in [1.82, 2.24) is 15.4 Å². The van der Waals surface area contributed by atoms with Gasteiger partial charge in [0.25, 0.3) is 12.3 Å². The summed E-state index contributed by atoms with van der Waals surface area (Å²) in [7, 11) is -3.85. The van der Waals surface area contributed by atoms with Crippen molar-refractivity contribution in [2.24, 2.45) is 0 Å². The molecule has 0 spiro atoms. The number of halogens is 2. The number of aliphatic hydroxyl groups is 1. The molecule has 1 aromatic carbocycles. The number of alkyl halides is 2. The van der Waals surface area contributed by atoms with E-state index in [0.29, 0.717) is 13.1 Å². The predicted octanol–water partition coefficient (Wildman–Crippen LogP) is -0.707. The standard InChI is InChI=1S/C13H17F2N3O4S/c14-12(15)7-17-13(20)8-1-3-9(4-2-8)23(21,22)18-10-5-16-6-11(10)19/h1-4,10-12,16,18-19H,5-7H2,(H,17,20)/t10-,11-/m1/s1. The lowest BCUT2D eigenvalue weighted by atomic mass is 10.2. The van der Waals surface area contributed by atoms with Gasteiger partial charge >= 0.3 is 0 Å². The number of sulfonamides is 1. The first-order chi connectivity index (χ1) is 10.8. The van der Waals surface area contributed by atoms with E-state index in [1.807, 2.05) is 5.32 Å². The fourth-order valence-electron chi connectivity index (χ4n) is 2.11. The van der Waals surface area contributed by atoms with Crippen LogP contribution in [0, 0.1) is 0 Å². The largest absolute Gasteiger partial charge is 0.390 e. The van der Waals surface area contributed by atoms with Crippen LogP contribution >= 0.6 is 0 Å². The van der Waals surface area contributed by atoms with E-state index in [1.165, 1.54) is 24.3 Å². The van der Waals surface area contributed by atoms with Gasteiger partial charge in [0.2, 0.25) is 10.0 Å². The maximum atomic E-state index is 12.2. The van der Waals surface area contributed by atoms with E-state index < -0.39 is 41.0 Å². The molecule has 1 heterocycles. The second-order valence-corrected chi connectivity index (χ2v) is 6.79. The number of benzene rings is 1. The Morgan fingerprint density at radius 2 is 1.96 bits per heavy atom. The fourth-order valence-corrected chi connectivity index (χ4v) is 3.38. The van der Waals surface area contributed by atoms with Crippen molar-refractivity contribution in [3.05, 3.63) is 29.8 Å². The summed E-state index contributed by atoms with van der Waals surface area (Å²) in [6.45, 7) is -0.155. The topological polar surface area (TPSA) is 108 Å². The molecule has 128 valence electrons. The summed E-state index contributed by atoms with van der Waals surface area (Å²) in [6, 6.07) is 4.24. The molecule has 0 saturated carbocycles. The van der Waals surface area contributed by atoms with E-state index >= 15 is 0 Å². The van der Waals surface area contributed by atoms with Crippen molar-refractivity contribution >= 4 is 15.9 Å². The first-order valence-electron chi connectivity index (χ1n) is 6.87. The van der Waals surface area contributed by atoms with Gasteiger partial charge < -0.3 is 15.7 Å². The van der Waals surface area contributed by atoms with Crippen LogP contribution in [0.4, 0.5) is 8.78 Å². The van der Waals surface area contributed by atoms with Gasteiger partial charge in [-0.25, -0.2) is 21.9 Å². The average molecular weight is 349 g/mol. The molecule has 1 amide bonds. The third-order valence-corrected chi connectivity index (χ3v) is 4.84. The van der Waals surface area contributed by atoms with Gasteiger partial charge in [-0.05, 0) is 24.3 Å². The Morgan fingerprint density at radius 1 is 1.30 bits per heavy atom. The zero-order chi connectivity index (χ0) is 17.0. The molecule has 0 aromatic heterocycles. The van der Waals surface area contributed by atoms with E-state index in [9.17, 15) is 27.1 Å². The molecule has 1 fully saturated rings. The monoisotopic (exact) mass is 349 g/mol. The second-order valence-electron chi connectivity index (χ2n) is 5.08. The van der Waals surface area contributed by atoms with Crippen LogP contribution in [-0.2, 0) is 10.0 Å². The van der Waals surface area contributed by atoms with Crippen molar-refractivity contribution < 1.29 is 27.1 Å². The average Bonchev–Trinajstić information content (AvgIpc) is 2.89. The quantitative estimate of drug-likeness (QED) is 0.543. The van der Waals surface area contributed by atoms with Crippen molar-refractivity contribution in [3.8, 4) is 0 Å². The molecule has 2 atom stereocenters. The molecule has 0 bridgehead atoms. The lowest BCUT2D eigenvalue weighted by Gasteiger charge is -2.15. The van der Waals surface area contributed by atoms with Crippen molar-refractivity contribution in [2.45, 2.75) is 23.5 Å². The van der Waals surface area contributed by atoms with Gasteiger partial charge in [0.15, 0.2) is 0 Å². The molecule has 1 aliphatic heterocycles. The number of carbonyl (C=O) groups is 1. The summed E-state index contributed by atoms with van der Waals surface area (Å²) in [5.41, 5.74) is 0.0761. The van der Waals surface area contributed by atoms with Gasteiger partial charge in [0.05, 0.1) is 23.6 Å². The van der Waals surface area contributed by atoms with Crippen molar-refractivity contribution in [2.75, 3.05) is 19.6 Å². The van der Waals surface area contributed by atoms with Crippen LogP contribution < -0.4 is 15.4 Å². The third kappa shape index (κ3) is 4.67. The Hall–Kier alpha value is -1.62. The Labute approximate surface area is 132 Å². The van der Waals surface area contributed by atoms with Crippen LogP contribution in [0.15, 0.2) is 29.2 Å². The zero-order valence-electron chi connectivity index (χ0n) is 12.0. The predicted molar refractivity (Wildman–Crippen MR) is 77.8 cm³/mol. The van der Waals surface area contributed by atoms with Crippen molar-refractivity contribution in [1.29, 1.82) is 0 Å². The third-order valence-electron chi connectivity index (χ3n) is 3.33. The van der Waals surface area contributed by atoms with Crippen molar-refractivity contribution in [3.63, 3.8) is 0 Å². The summed E-state index contributed by atoms with van der Waals surface area (Å²) in [5.74, 6) is -0.711. The molecule has 1 aliphatic rings. The number of nitrogens with one attached hydrogen (secondary N) is 3. The molecular formula is C13H17F2N3O4S. The lowest BCUT2D eigenvalue weighted by molar-refractivity contribution is 0.0891. The van der Waals surface area contributed by atoms with Gasteiger partial charge in [0.1, 0.15) is 0 Å². The van der Waals surface area contributed by atoms with E-state index in [4.69, 9.17) is 0 Å². The van der Waals surface area contributed by atoms with E-state index in [-0.39, 0.29) is 10.5 Å². The molecule has 7 nitrogen and oxygen atoms in total. The minimum Gasteiger partial charge on any atom is -0.390 e. The van der Waals surface area contributed by atoms with Gasteiger partial charge in [0, 0.05) is 18.7 Å². The number of amides is 1. The second kappa shape index (κ2) is 7.30. The molecule has 23 heavy (non-hydrogen) atoms. The number of carbonyl (C=O) groups excluding carboxylic acids is 1. The Balaban J connectivity index is 2.04. The SMILES string of the molecule is O=C(NCC(F)F)c1ccc(S(=O)(=O)N[C@@H]2CNC[C@H]2O)cc1. The highest BCUT2D eigenvalue weighted by Crippen LogP contribution is 2.13. The summed E-state index contributed by atoms with van der Waals surface area (Å²) < 4.78 is 50.8. The highest BCUT2D eigenvalue weighted by atomic mass is 32.2. The smallest absolute Gasteiger partial charge is 0.255 e. The van der Waals surface area contributed by atoms with Crippen LogP contribution in [0.3, 0.4) is 0 Å². The highest BCUT2D eigenvalue weighted by molar-refractivity contribution is 7.89. The van der Waals surface area contributed by atoms with Crippen LogP contribution in [0.25, 0.3) is 0 Å². The van der Waals surface area contributed by atoms with Gasteiger partial charge in [-0.15, -0.1) is 0 Å². The molecule has 0 unspecified atom stereocenters. The number of aliphatic hydroxyl groups excluding tert-OH is 1. The van der Waals surface area contributed by atoms with Crippen LogP contribution in [0.2, 0.25) is 0 Å². The first-order valence-corrected chi connectivity index (χ1v) is 8.35. The molecule has 0 aliphatic carbocycles. The maximum Gasteiger partial charge on any atom is 0.255 e. The number of rotatable bonds is 6. The number of hydrogen-bond donors (Lipinski definition) is 4. The molecule has 1 saturated heterocycles. The molecule has 10 heteroatoms. The van der Waals surface area contributed by atoms with Crippen LogP contribution in [-0.4, -0.2) is 57.6 Å². The summed E-state index contributed by atoms with van der Waals surface area (Å²) >= 11 is 0. The fraction of sp³-hybridized carbons (Fsp3) is 0.462. The number of hydrogen-bond acceptors (Lipinski definition) is 5. The van der Waals surface area contributed by atoms with E-state index in [0.717, 1.165) is 0 Å².